The highest BCUT2D eigenvalue weighted by Gasteiger charge is 2.11. The lowest BCUT2D eigenvalue weighted by Gasteiger charge is -2.05. The number of carbonyl (C=O) groups is 2. The zero-order valence-corrected chi connectivity index (χ0v) is 10.8. The molecule has 0 spiro atoms. The van der Waals surface area contributed by atoms with Crippen molar-refractivity contribution in [3.05, 3.63) is 58.5 Å². The minimum Gasteiger partial charge on any atom is -0.456 e. The maximum absolute atomic E-state index is 11.7. The molecule has 0 saturated carbocycles. The Hall–Kier alpha value is -2.27. The molecule has 2 amide bonds. The van der Waals surface area contributed by atoms with Crippen LogP contribution in [0.4, 0.5) is 0 Å². The average Bonchev–Trinajstić information content (AvgIpc) is 2.83. The SMILES string of the molecule is Cc1ccc(C(=O)NNC(=O)c2ccc(Cl)cc2)o1. The molecular weight excluding hydrogens is 268 g/mol. The van der Waals surface area contributed by atoms with E-state index in [1.165, 1.54) is 6.07 Å². The van der Waals surface area contributed by atoms with Crippen LogP contribution in [0.15, 0.2) is 40.8 Å². The number of rotatable bonds is 2. The van der Waals surface area contributed by atoms with Gasteiger partial charge in [-0.2, -0.15) is 0 Å². The Labute approximate surface area is 114 Å². The van der Waals surface area contributed by atoms with Gasteiger partial charge in [0.15, 0.2) is 5.76 Å². The summed E-state index contributed by atoms with van der Waals surface area (Å²) in [6.07, 6.45) is 0. The van der Waals surface area contributed by atoms with Gasteiger partial charge in [0.2, 0.25) is 0 Å². The van der Waals surface area contributed by atoms with E-state index in [4.69, 9.17) is 16.0 Å². The number of halogens is 1. The molecule has 0 radical (unpaired) electrons. The number of benzene rings is 1. The third kappa shape index (κ3) is 3.35. The zero-order valence-electron chi connectivity index (χ0n) is 10.1. The first-order chi connectivity index (χ1) is 9.06. The molecule has 2 rings (SSSR count). The molecule has 0 atom stereocenters. The minimum absolute atomic E-state index is 0.133. The molecule has 1 heterocycles. The maximum Gasteiger partial charge on any atom is 0.305 e. The van der Waals surface area contributed by atoms with E-state index >= 15 is 0 Å². The predicted molar refractivity (Wildman–Crippen MR) is 69.8 cm³/mol. The zero-order chi connectivity index (χ0) is 13.8. The first-order valence-corrected chi connectivity index (χ1v) is 5.87. The minimum atomic E-state index is -0.518. The van der Waals surface area contributed by atoms with E-state index in [0.717, 1.165) is 0 Å². The second kappa shape index (κ2) is 5.58. The van der Waals surface area contributed by atoms with Crippen LogP contribution >= 0.6 is 11.6 Å². The molecule has 0 bridgehead atoms. The van der Waals surface area contributed by atoms with Crippen LogP contribution in [0.1, 0.15) is 26.7 Å². The van der Waals surface area contributed by atoms with E-state index in [2.05, 4.69) is 10.9 Å². The largest absolute Gasteiger partial charge is 0.456 e. The molecule has 2 N–H and O–H groups in total. The summed E-state index contributed by atoms with van der Waals surface area (Å²) in [4.78, 5) is 23.3. The van der Waals surface area contributed by atoms with E-state index in [-0.39, 0.29) is 5.76 Å². The Bertz CT molecular complexity index is 605. The summed E-state index contributed by atoms with van der Waals surface area (Å²) in [5.41, 5.74) is 4.93. The highest BCUT2D eigenvalue weighted by molar-refractivity contribution is 6.30. The summed E-state index contributed by atoms with van der Waals surface area (Å²) in [6.45, 7) is 1.73. The molecule has 0 fully saturated rings. The molecule has 98 valence electrons. The van der Waals surface area contributed by atoms with Gasteiger partial charge in [0.05, 0.1) is 0 Å². The second-order valence-corrected chi connectivity index (χ2v) is 4.26. The molecule has 1 aromatic heterocycles. The summed E-state index contributed by atoms with van der Waals surface area (Å²) in [7, 11) is 0. The van der Waals surface area contributed by atoms with Crippen molar-refractivity contribution in [1.82, 2.24) is 10.9 Å². The van der Waals surface area contributed by atoms with Crippen molar-refractivity contribution in [3.63, 3.8) is 0 Å². The summed E-state index contributed by atoms with van der Waals surface area (Å²) in [6, 6.07) is 9.49. The van der Waals surface area contributed by atoms with Gasteiger partial charge >= 0.3 is 5.91 Å². The Balaban J connectivity index is 1.93. The van der Waals surface area contributed by atoms with Gasteiger partial charge in [0.25, 0.3) is 5.91 Å². The quantitative estimate of drug-likeness (QED) is 0.828. The summed E-state index contributed by atoms with van der Waals surface area (Å²) < 4.78 is 5.12. The first kappa shape index (κ1) is 13.2. The van der Waals surface area contributed by atoms with Crippen LogP contribution in [0.2, 0.25) is 5.02 Å². The van der Waals surface area contributed by atoms with Crippen molar-refractivity contribution < 1.29 is 14.0 Å². The van der Waals surface area contributed by atoms with Crippen LogP contribution in [0.25, 0.3) is 0 Å². The Kier molecular flexibility index (Phi) is 3.87. The Morgan fingerprint density at radius 3 is 2.21 bits per heavy atom. The maximum atomic E-state index is 11.7. The average molecular weight is 279 g/mol. The van der Waals surface area contributed by atoms with E-state index in [1.807, 2.05) is 0 Å². The van der Waals surface area contributed by atoms with Gasteiger partial charge in [0, 0.05) is 10.6 Å². The summed E-state index contributed by atoms with van der Waals surface area (Å²) in [5.74, 6) is -0.202. The molecule has 0 saturated heterocycles. The lowest BCUT2D eigenvalue weighted by atomic mass is 10.2. The fourth-order valence-corrected chi connectivity index (χ4v) is 1.53. The van der Waals surface area contributed by atoms with Crippen LogP contribution in [0.5, 0.6) is 0 Å². The van der Waals surface area contributed by atoms with Crippen molar-refractivity contribution in [1.29, 1.82) is 0 Å². The highest BCUT2D eigenvalue weighted by atomic mass is 35.5. The number of amides is 2. The highest BCUT2D eigenvalue weighted by Crippen LogP contribution is 2.09. The number of nitrogens with one attached hydrogen (secondary N) is 2. The van der Waals surface area contributed by atoms with E-state index in [9.17, 15) is 9.59 Å². The van der Waals surface area contributed by atoms with Crippen LogP contribution in [-0.4, -0.2) is 11.8 Å². The van der Waals surface area contributed by atoms with E-state index in [1.54, 1.807) is 37.3 Å². The fourth-order valence-electron chi connectivity index (χ4n) is 1.41. The van der Waals surface area contributed by atoms with Crippen LogP contribution in [0.3, 0.4) is 0 Å². The lowest BCUT2D eigenvalue weighted by molar-refractivity contribution is 0.0830. The molecule has 0 aliphatic carbocycles. The third-order valence-corrected chi connectivity index (χ3v) is 2.61. The number of aryl methyl sites for hydroxylation is 1. The fraction of sp³-hybridized carbons (Fsp3) is 0.0769. The topological polar surface area (TPSA) is 71.3 Å². The molecule has 0 aliphatic rings. The van der Waals surface area contributed by atoms with E-state index in [0.29, 0.717) is 16.3 Å². The number of carbonyl (C=O) groups excluding carboxylic acids is 2. The predicted octanol–water partition coefficient (Wildman–Crippen LogP) is 2.32. The molecule has 6 heteroatoms. The molecule has 0 unspecified atom stereocenters. The monoisotopic (exact) mass is 278 g/mol. The molecule has 2 aromatic rings. The first-order valence-electron chi connectivity index (χ1n) is 5.49. The van der Waals surface area contributed by atoms with Gasteiger partial charge in [-0.1, -0.05) is 11.6 Å². The summed E-state index contributed by atoms with van der Waals surface area (Å²) in [5, 5.41) is 0.534. The van der Waals surface area contributed by atoms with Crippen LogP contribution in [0, 0.1) is 6.92 Å². The van der Waals surface area contributed by atoms with Gasteiger partial charge in [-0.05, 0) is 43.3 Å². The summed E-state index contributed by atoms with van der Waals surface area (Å²) >= 11 is 5.71. The molecule has 0 aliphatic heterocycles. The lowest BCUT2D eigenvalue weighted by Crippen LogP contribution is -2.41. The molecule has 5 nitrogen and oxygen atoms in total. The van der Waals surface area contributed by atoms with Crippen molar-refractivity contribution in [3.8, 4) is 0 Å². The number of hydrogen-bond donors (Lipinski definition) is 2. The van der Waals surface area contributed by atoms with Crippen molar-refractivity contribution in [2.45, 2.75) is 6.92 Å². The normalized spacial score (nSPS) is 10.0. The smallest absolute Gasteiger partial charge is 0.305 e. The van der Waals surface area contributed by atoms with Gasteiger partial charge < -0.3 is 4.42 Å². The standard InChI is InChI=1S/C13H11ClN2O3/c1-8-2-7-11(19-8)13(18)16-15-12(17)9-3-5-10(14)6-4-9/h2-7H,1H3,(H,15,17)(H,16,18). The molecule has 19 heavy (non-hydrogen) atoms. The number of hydrazine groups is 1. The molecular formula is C13H11ClN2O3. The number of furan rings is 1. The van der Waals surface area contributed by atoms with Gasteiger partial charge in [-0.15, -0.1) is 0 Å². The van der Waals surface area contributed by atoms with Gasteiger partial charge in [-0.3, -0.25) is 20.4 Å². The van der Waals surface area contributed by atoms with Crippen LogP contribution < -0.4 is 10.9 Å². The van der Waals surface area contributed by atoms with Crippen LogP contribution in [-0.2, 0) is 0 Å². The van der Waals surface area contributed by atoms with Crippen molar-refractivity contribution in [2.75, 3.05) is 0 Å². The Morgan fingerprint density at radius 2 is 1.63 bits per heavy atom. The number of hydrogen-bond acceptors (Lipinski definition) is 3. The van der Waals surface area contributed by atoms with Gasteiger partial charge in [-0.25, -0.2) is 0 Å². The van der Waals surface area contributed by atoms with Crippen molar-refractivity contribution in [2.24, 2.45) is 0 Å². The third-order valence-electron chi connectivity index (χ3n) is 2.36. The Morgan fingerprint density at radius 1 is 1.00 bits per heavy atom. The second-order valence-electron chi connectivity index (χ2n) is 3.83. The van der Waals surface area contributed by atoms with Gasteiger partial charge in [0.1, 0.15) is 5.76 Å². The molecule has 1 aromatic carbocycles. The van der Waals surface area contributed by atoms with E-state index < -0.39 is 11.8 Å². The van der Waals surface area contributed by atoms with Crippen molar-refractivity contribution >= 4 is 23.4 Å².